The maximum atomic E-state index is 11.4. The molecule has 2 aromatic heterocycles. The van der Waals surface area contributed by atoms with E-state index in [9.17, 15) is 4.79 Å². The van der Waals surface area contributed by atoms with Crippen molar-refractivity contribution < 1.29 is 4.79 Å². The van der Waals surface area contributed by atoms with Gasteiger partial charge in [-0.3, -0.25) is 4.79 Å². The van der Waals surface area contributed by atoms with Gasteiger partial charge in [0.25, 0.3) is 0 Å². The number of nitrogens with one attached hydrogen (secondary N) is 3. The van der Waals surface area contributed by atoms with Crippen molar-refractivity contribution in [3.05, 3.63) is 35.0 Å². The van der Waals surface area contributed by atoms with Crippen LogP contribution in [0.1, 0.15) is 25.3 Å². The molecule has 11 heteroatoms. The summed E-state index contributed by atoms with van der Waals surface area (Å²) < 4.78 is 0. The summed E-state index contributed by atoms with van der Waals surface area (Å²) in [6, 6.07) is 7.62. The number of anilines is 4. The van der Waals surface area contributed by atoms with E-state index in [0.717, 1.165) is 69.2 Å². The van der Waals surface area contributed by atoms with Gasteiger partial charge in [-0.1, -0.05) is 23.7 Å². The van der Waals surface area contributed by atoms with E-state index in [1.165, 1.54) is 6.92 Å². The Morgan fingerprint density at radius 1 is 1.06 bits per heavy atom. The van der Waals surface area contributed by atoms with Crippen molar-refractivity contribution in [2.45, 2.75) is 26.3 Å². The number of piperazine rings is 1. The lowest BCUT2D eigenvalue weighted by molar-refractivity contribution is -0.114. The van der Waals surface area contributed by atoms with E-state index >= 15 is 0 Å². The number of carbonyl (C=O) groups excluding carboxylic acids is 1. The van der Waals surface area contributed by atoms with Gasteiger partial charge in [-0.25, -0.2) is 9.97 Å². The van der Waals surface area contributed by atoms with Crippen molar-refractivity contribution in [1.29, 1.82) is 0 Å². The summed E-state index contributed by atoms with van der Waals surface area (Å²) in [6.45, 7) is 7.34. The minimum Gasteiger partial charge on any atom is -0.363 e. The Kier molecular flexibility index (Phi) is 6.59. The van der Waals surface area contributed by atoms with Crippen LogP contribution in [0.2, 0.25) is 5.15 Å². The largest absolute Gasteiger partial charge is 0.363 e. The molecule has 1 aromatic carbocycles. The molecule has 0 saturated carbocycles. The van der Waals surface area contributed by atoms with E-state index in [4.69, 9.17) is 26.6 Å². The molecule has 178 valence electrons. The van der Waals surface area contributed by atoms with Gasteiger partial charge in [0.15, 0.2) is 28.0 Å². The number of nitrogens with zero attached hydrogens (tertiary/aromatic N) is 6. The van der Waals surface area contributed by atoms with Crippen LogP contribution in [0.15, 0.2) is 24.3 Å². The van der Waals surface area contributed by atoms with E-state index in [-0.39, 0.29) is 11.1 Å². The van der Waals surface area contributed by atoms with Gasteiger partial charge in [-0.15, -0.1) is 0 Å². The van der Waals surface area contributed by atoms with Gasteiger partial charge in [0.1, 0.15) is 0 Å². The number of aromatic nitrogens is 4. The van der Waals surface area contributed by atoms with E-state index in [1.807, 2.05) is 24.3 Å². The molecule has 2 fully saturated rings. The minimum atomic E-state index is -0.109. The first-order valence-electron chi connectivity index (χ1n) is 11.6. The van der Waals surface area contributed by atoms with Crippen LogP contribution in [0.3, 0.4) is 0 Å². The zero-order chi connectivity index (χ0) is 23.5. The van der Waals surface area contributed by atoms with Gasteiger partial charge in [0.05, 0.1) is 0 Å². The first kappa shape index (κ1) is 22.5. The summed E-state index contributed by atoms with van der Waals surface area (Å²) in [5.74, 6) is 1.85. The van der Waals surface area contributed by atoms with Crippen LogP contribution in [-0.2, 0) is 11.3 Å². The number of fused-ring (bicyclic) bond motifs is 1. The van der Waals surface area contributed by atoms with E-state index < -0.39 is 0 Å². The minimum absolute atomic E-state index is 0.109. The number of amides is 1. The van der Waals surface area contributed by atoms with Gasteiger partial charge in [-0.05, 0) is 30.5 Å². The molecular weight excluding hydrogens is 454 g/mol. The van der Waals surface area contributed by atoms with Crippen LogP contribution >= 0.6 is 11.6 Å². The molecule has 5 rings (SSSR count). The summed E-state index contributed by atoms with van der Waals surface area (Å²) in [5, 5.41) is 9.72. The van der Waals surface area contributed by atoms with E-state index in [2.05, 4.69) is 30.7 Å². The molecule has 34 heavy (non-hydrogen) atoms. The van der Waals surface area contributed by atoms with Crippen LogP contribution in [0, 0.1) is 0 Å². The van der Waals surface area contributed by atoms with Crippen molar-refractivity contribution in [2.75, 3.05) is 59.7 Å². The Labute approximate surface area is 203 Å². The molecule has 10 nitrogen and oxygen atoms in total. The smallest absolute Gasteiger partial charge is 0.229 e. The first-order valence-corrected chi connectivity index (χ1v) is 12.0. The fourth-order valence-corrected chi connectivity index (χ4v) is 4.51. The maximum Gasteiger partial charge on any atom is 0.229 e. The van der Waals surface area contributed by atoms with E-state index in [0.29, 0.717) is 29.5 Å². The number of carbonyl (C=O) groups is 1. The Balaban J connectivity index is 1.46. The molecule has 0 bridgehead atoms. The molecule has 0 atom stereocenters. The van der Waals surface area contributed by atoms with Gasteiger partial charge in [0, 0.05) is 58.4 Å². The highest BCUT2D eigenvalue weighted by molar-refractivity contribution is 6.32. The fraction of sp³-hybridized carbons (Fsp3) is 0.435. The topological polar surface area (TPSA) is 111 Å². The highest BCUT2D eigenvalue weighted by Gasteiger charge is 2.24. The molecule has 2 aliphatic heterocycles. The predicted molar refractivity (Wildman–Crippen MR) is 135 cm³/mol. The van der Waals surface area contributed by atoms with Crippen LogP contribution in [0.5, 0.6) is 0 Å². The molecule has 0 unspecified atom stereocenters. The van der Waals surface area contributed by atoms with Crippen LogP contribution in [-0.4, -0.2) is 65.1 Å². The van der Waals surface area contributed by atoms with Crippen LogP contribution in [0.25, 0.3) is 11.2 Å². The molecule has 3 N–H and O–H groups in total. The van der Waals surface area contributed by atoms with Crippen LogP contribution < -0.4 is 25.8 Å². The monoisotopic (exact) mass is 481 g/mol. The van der Waals surface area contributed by atoms with Gasteiger partial charge >= 0.3 is 0 Å². The molecule has 1 amide bonds. The predicted octanol–water partition coefficient (Wildman–Crippen LogP) is 2.65. The lowest BCUT2D eigenvalue weighted by atomic mass is 10.2. The highest BCUT2D eigenvalue weighted by atomic mass is 35.5. The molecule has 2 saturated heterocycles. The average Bonchev–Trinajstić information content (AvgIpc) is 3.37. The number of benzene rings is 1. The molecule has 0 radical (unpaired) electrons. The SMILES string of the molecule is CC(=O)Nc1cccc(CNc2nc3nc(N4CCNCC4)nc(N4CCCC4)c3nc2Cl)c1. The summed E-state index contributed by atoms with van der Waals surface area (Å²) >= 11 is 6.55. The third kappa shape index (κ3) is 4.97. The lowest BCUT2D eigenvalue weighted by Crippen LogP contribution is -2.44. The molecule has 2 aliphatic rings. The second kappa shape index (κ2) is 9.94. The Bertz CT molecular complexity index is 1190. The highest BCUT2D eigenvalue weighted by Crippen LogP contribution is 2.30. The van der Waals surface area contributed by atoms with Crippen molar-refractivity contribution in [2.24, 2.45) is 0 Å². The number of hydrogen-bond donors (Lipinski definition) is 3. The summed E-state index contributed by atoms with van der Waals surface area (Å²) in [4.78, 5) is 34.9. The fourth-order valence-electron chi connectivity index (χ4n) is 4.32. The maximum absolute atomic E-state index is 11.4. The Morgan fingerprint density at radius 3 is 2.62 bits per heavy atom. The lowest BCUT2D eigenvalue weighted by Gasteiger charge is -2.28. The molecule has 0 aliphatic carbocycles. The molecule has 4 heterocycles. The van der Waals surface area contributed by atoms with Gasteiger partial charge in [-0.2, -0.15) is 9.97 Å². The zero-order valence-corrected chi connectivity index (χ0v) is 19.9. The summed E-state index contributed by atoms with van der Waals surface area (Å²) in [6.07, 6.45) is 2.26. The van der Waals surface area contributed by atoms with Gasteiger partial charge in [0.2, 0.25) is 11.9 Å². The summed E-state index contributed by atoms with van der Waals surface area (Å²) in [7, 11) is 0. The third-order valence-corrected chi connectivity index (χ3v) is 6.23. The number of hydrogen-bond acceptors (Lipinski definition) is 9. The molecule has 0 spiro atoms. The van der Waals surface area contributed by atoms with Crippen LogP contribution in [0.4, 0.5) is 23.3 Å². The standard InChI is InChI=1S/C23H28ClN9O/c1-15(34)27-17-6-4-5-16(13-17)14-26-21-19(24)28-18-20(29-21)30-23(33-11-7-25-8-12-33)31-22(18)32-9-2-3-10-32/h4-6,13,25H,2-3,7-12,14H2,1H3,(H,27,34)(H,26,29,30,31). The van der Waals surface area contributed by atoms with Crippen molar-refractivity contribution in [3.63, 3.8) is 0 Å². The molecule has 3 aromatic rings. The Morgan fingerprint density at radius 2 is 1.85 bits per heavy atom. The third-order valence-electron chi connectivity index (χ3n) is 5.97. The van der Waals surface area contributed by atoms with Crippen molar-refractivity contribution >= 4 is 51.9 Å². The van der Waals surface area contributed by atoms with Crippen molar-refractivity contribution in [3.8, 4) is 0 Å². The second-order valence-corrected chi connectivity index (χ2v) is 8.91. The number of rotatable bonds is 6. The summed E-state index contributed by atoms with van der Waals surface area (Å²) in [5.41, 5.74) is 2.88. The number of halogens is 1. The van der Waals surface area contributed by atoms with E-state index in [1.54, 1.807) is 0 Å². The average molecular weight is 482 g/mol. The normalized spacial score (nSPS) is 16.2. The first-order chi connectivity index (χ1) is 16.6. The van der Waals surface area contributed by atoms with Gasteiger partial charge < -0.3 is 25.8 Å². The quantitative estimate of drug-likeness (QED) is 0.489. The van der Waals surface area contributed by atoms with Crippen molar-refractivity contribution in [1.82, 2.24) is 25.3 Å². The molecular formula is C23H28ClN9O. The Hall–Kier alpha value is -3.24. The second-order valence-electron chi connectivity index (χ2n) is 8.55. The zero-order valence-electron chi connectivity index (χ0n) is 19.1.